The maximum Gasteiger partial charge on any atom is 0.280 e. The summed E-state index contributed by atoms with van der Waals surface area (Å²) in [4.78, 5) is 25.9. The predicted molar refractivity (Wildman–Crippen MR) is 118 cm³/mol. The zero-order valence-electron chi connectivity index (χ0n) is 17.3. The first kappa shape index (κ1) is 20.3. The van der Waals surface area contributed by atoms with Crippen LogP contribution >= 0.6 is 11.8 Å². The molecule has 3 heterocycles. The summed E-state index contributed by atoms with van der Waals surface area (Å²) in [5.74, 6) is 7.53. The zero-order chi connectivity index (χ0) is 21.1. The van der Waals surface area contributed by atoms with E-state index < -0.39 is 0 Å². The lowest BCUT2D eigenvalue weighted by atomic mass is 10.3. The van der Waals surface area contributed by atoms with E-state index in [4.69, 9.17) is 14.7 Å². The first-order chi connectivity index (χ1) is 14.6. The highest BCUT2D eigenvalue weighted by atomic mass is 32.2. The van der Waals surface area contributed by atoms with Crippen LogP contribution in [0.25, 0.3) is 11.2 Å². The molecule has 1 N–H and O–H groups in total. The van der Waals surface area contributed by atoms with Crippen LogP contribution in [-0.2, 0) is 13.6 Å². The minimum Gasteiger partial charge on any atom is -0.497 e. The Labute approximate surface area is 179 Å². The molecular formula is C21H24N6O2S. The largest absolute Gasteiger partial charge is 0.497 e. The first-order valence-electron chi connectivity index (χ1n) is 9.77. The van der Waals surface area contributed by atoms with Crippen LogP contribution in [0.15, 0.2) is 39.1 Å². The molecule has 156 valence electrons. The van der Waals surface area contributed by atoms with Gasteiger partial charge in [-0.3, -0.25) is 13.9 Å². The van der Waals surface area contributed by atoms with E-state index in [1.165, 1.54) is 11.8 Å². The van der Waals surface area contributed by atoms with Crippen molar-refractivity contribution in [2.75, 3.05) is 38.2 Å². The molecule has 1 saturated heterocycles. The van der Waals surface area contributed by atoms with Crippen molar-refractivity contribution in [3.05, 3.63) is 34.6 Å². The molecule has 1 aliphatic rings. The Hall–Kier alpha value is -2.96. The minimum absolute atomic E-state index is 0.122. The molecule has 0 spiro atoms. The van der Waals surface area contributed by atoms with E-state index >= 15 is 0 Å². The monoisotopic (exact) mass is 424 g/mol. The summed E-state index contributed by atoms with van der Waals surface area (Å²) in [5.41, 5.74) is 0.830. The Bertz CT molecular complexity index is 1170. The highest BCUT2D eigenvalue weighted by Gasteiger charge is 2.23. The van der Waals surface area contributed by atoms with Crippen molar-refractivity contribution in [1.82, 2.24) is 24.4 Å². The van der Waals surface area contributed by atoms with Gasteiger partial charge in [-0.1, -0.05) is 17.7 Å². The van der Waals surface area contributed by atoms with Gasteiger partial charge in [0.2, 0.25) is 5.95 Å². The Kier molecular flexibility index (Phi) is 5.97. The van der Waals surface area contributed by atoms with Gasteiger partial charge in [-0.15, -0.1) is 5.92 Å². The topological polar surface area (TPSA) is 77.2 Å². The van der Waals surface area contributed by atoms with Gasteiger partial charge in [-0.05, 0) is 31.2 Å². The number of ether oxygens (including phenoxy) is 1. The molecule has 3 aromatic rings. The van der Waals surface area contributed by atoms with Crippen molar-refractivity contribution in [3.63, 3.8) is 0 Å². The molecule has 30 heavy (non-hydrogen) atoms. The third-order valence-corrected chi connectivity index (χ3v) is 6.06. The van der Waals surface area contributed by atoms with Crippen molar-refractivity contribution in [1.29, 1.82) is 0 Å². The first-order valence-corrected chi connectivity index (χ1v) is 10.6. The minimum atomic E-state index is -0.122. The molecule has 0 unspecified atom stereocenters. The summed E-state index contributed by atoms with van der Waals surface area (Å²) < 4.78 is 8.69. The highest BCUT2D eigenvalue weighted by Crippen LogP contribution is 2.28. The second-order valence-electron chi connectivity index (χ2n) is 6.87. The molecule has 1 aromatic carbocycles. The fourth-order valence-electron chi connectivity index (χ4n) is 3.38. The third kappa shape index (κ3) is 3.88. The fourth-order valence-corrected chi connectivity index (χ4v) is 4.22. The maximum atomic E-state index is 13.3. The summed E-state index contributed by atoms with van der Waals surface area (Å²) in [6.07, 6.45) is 0. The summed E-state index contributed by atoms with van der Waals surface area (Å²) in [6.45, 7) is 5.63. The Morgan fingerprint density at radius 3 is 2.60 bits per heavy atom. The van der Waals surface area contributed by atoms with Crippen molar-refractivity contribution >= 4 is 28.9 Å². The number of hydrogen-bond donors (Lipinski definition) is 1. The lowest BCUT2D eigenvalue weighted by molar-refractivity contribution is 0.414. The second kappa shape index (κ2) is 8.81. The maximum absolute atomic E-state index is 13.3. The molecule has 8 nitrogen and oxygen atoms in total. The number of aromatic nitrogens is 4. The number of methoxy groups -OCH3 is 1. The number of imidazole rings is 1. The van der Waals surface area contributed by atoms with E-state index in [9.17, 15) is 4.79 Å². The number of hydrogen-bond acceptors (Lipinski definition) is 7. The number of piperazine rings is 1. The van der Waals surface area contributed by atoms with E-state index in [-0.39, 0.29) is 5.56 Å². The molecule has 2 aromatic heterocycles. The van der Waals surface area contributed by atoms with Gasteiger partial charge >= 0.3 is 0 Å². The third-order valence-electron chi connectivity index (χ3n) is 5.01. The van der Waals surface area contributed by atoms with Crippen molar-refractivity contribution in [2.45, 2.75) is 23.5 Å². The van der Waals surface area contributed by atoms with E-state index in [1.807, 2.05) is 28.8 Å². The van der Waals surface area contributed by atoms with Crippen LogP contribution in [0, 0.1) is 11.8 Å². The van der Waals surface area contributed by atoms with Gasteiger partial charge in [-0.2, -0.15) is 4.98 Å². The van der Waals surface area contributed by atoms with E-state index in [0.29, 0.717) is 22.9 Å². The predicted octanol–water partition coefficient (Wildman–Crippen LogP) is 1.72. The quantitative estimate of drug-likeness (QED) is 0.494. The van der Waals surface area contributed by atoms with Crippen LogP contribution in [-0.4, -0.2) is 52.4 Å². The Morgan fingerprint density at radius 2 is 1.93 bits per heavy atom. The normalized spacial score (nSPS) is 13.9. The number of fused-ring (bicyclic) bond motifs is 1. The van der Waals surface area contributed by atoms with Crippen LogP contribution in [0.5, 0.6) is 5.75 Å². The molecule has 0 aliphatic carbocycles. The van der Waals surface area contributed by atoms with E-state index in [2.05, 4.69) is 22.1 Å². The molecular weight excluding hydrogens is 400 g/mol. The van der Waals surface area contributed by atoms with E-state index in [1.54, 1.807) is 25.6 Å². The van der Waals surface area contributed by atoms with Crippen molar-refractivity contribution in [3.8, 4) is 17.6 Å². The van der Waals surface area contributed by atoms with Crippen molar-refractivity contribution < 1.29 is 4.74 Å². The lowest BCUT2D eigenvalue weighted by Gasteiger charge is -2.28. The molecule has 0 amide bonds. The second-order valence-corrected chi connectivity index (χ2v) is 7.91. The summed E-state index contributed by atoms with van der Waals surface area (Å²) in [5, 5.41) is 3.94. The van der Waals surface area contributed by atoms with Crippen LogP contribution in [0.1, 0.15) is 6.92 Å². The number of anilines is 1. The Morgan fingerprint density at radius 1 is 1.20 bits per heavy atom. The molecule has 0 radical (unpaired) electrons. The summed E-state index contributed by atoms with van der Waals surface area (Å²) in [7, 11) is 3.38. The molecule has 9 heteroatoms. The van der Waals surface area contributed by atoms with Gasteiger partial charge in [0.25, 0.3) is 5.56 Å². The number of rotatable bonds is 5. The molecule has 1 fully saturated rings. The zero-order valence-corrected chi connectivity index (χ0v) is 18.1. The average molecular weight is 425 g/mol. The van der Waals surface area contributed by atoms with E-state index in [0.717, 1.165) is 42.8 Å². The van der Waals surface area contributed by atoms with Gasteiger partial charge in [0, 0.05) is 38.1 Å². The molecule has 1 aliphatic heterocycles. The molecule has 0 atom stereocenters. The molecule has 4 rings (SSSR count). The highest BCUT2D eigenvalue weighted by molar-refractivity contribution is 7.99. The average Bonchev–Trinajstić information content (AvgIpc) is 3.15. The number of nitrogens with one attached hydrogen (secondary N) is 1. The fraction of sp³-hybridized carbons (Fsp3) is 0.381. The van der Waals surface area contributed by atoms with Gasteiger partial charge < -0.3 is 15.0 Å². The van der Waals surface area contributed by atoms with Gasteiger partial charge in [0.05, 0.1) is 13.7 Å². The smallest absolute Gasteiger partial charge is 0.280 e. The van der Waals surface area contributed by atoms with Crippen LogP contribution in [0.2, 0.25) is 0 Å². The van der Waals surface area contributed by atoms with Crippen LogP contribution in [0.3, 0.4) is 0 Å². The summed E-state index contributed by atoms with van der Waals surface area (Å²) in [6, 6.07) is 7.67. The molecule has 0 saturated carbocycles. The number of benzene rings is 1. The lowest BCUT2D eigenvalue weighted by Crippen LogP contribution is -2.44. The van der Waals surface area contributed by atoms with Gasteiger partial charge in [-0.25, -0.2) is 4.98 Å². The van der Waals surface area contributed by atoms with Gasteiger partial charge in [0.15, 0.2) is 16.3 Å². The molecule has 0 bridgehead atoms. The van der Waals surface area contributed by atoms with Crippen LogP contribution < -0.4 is 20.5 Å². The van der Waals surface area contributed by atoms with Crippen molar-refractivity contribution in [2.24, 2.45) is 7.05 Å². The standard InChI is InChI=1S/C21H24N6O2S/c1-4-5-12-27-17-18(23-20(27)26-13-10-22-11-14-26)24-21(25(2)19(17)28)30-16-8-6-15(29-3)7-9-16/h6-9,22H,10-14H2,1-3H3. The van der Waals surface area contributed by atoms with Gasteiger partial charge in [0.1, 0.15) is 5.75 Å². The summed E-state index contributed by atoms with van der Waals surface area (Å²) >= 11 is 1.43. The SMILES string of the molecule is CC#CCn1c(N2CCNCC2)nc2nc(Sc3ccc(OC)cc3)n(C)c(=O)c21. The Balaban J connectivity index is 1.79. The van der Waals surface area contributed by atoms with Crippen LogP contribution in [0.4, 0.5) is 5.95 Å². The number of nitrogens with zero attached hydrogens (tertiary/aromatic N) is 5.